The molecule has 0 saturated carbocycles. The summed E-state index contributed by atoms with van der Waals surface area (Å²) in [5, 5.41) is 23.8. The first-order valence-electron chi connectivity index (χ1n) is 6.61. The van der Waals surface area contributed by atoms with Crippen molar-refractivity contribution in [2.45, 2.75) is 13.0 Å². The Morgan fingerprint density at radius 3 is 2.64 bits per heavy atom. The second kappa shape index (κ2) is 6.35. The summed E-state index contributed by atoms with van der Waals surface area (Å²) in [6, 6.07) is 5.56. The lowest BCUT2D eigenvalue weighted by molar-refractivity contribution is -0.384. The maximum atomic E-state index is 12.2. The van der Waals surface area contributed by atoms with Gasteiger partial charge in [0.25, 0.3) is 11.6 Å². The average Bonchev–Trinajstić information content (AvgIpc) is 3.02. The van der Waals surface area contributed by atoms with Gasteiger partial charge in [-0.15, -0.1) is 0 Å². The van der Waals surface area contributed by atoms with Crippen molar-refractivity contribution in [3.63, 3.8) is 0 Å². The second-order valence-electron chi connectivity index (χ2n) is 4.89. The maximum absolute atomic E-state index is 12.2. The van der Waals surface area contributed by atoms with E-state index in [1.807, 2.05) is 0 Å². The zero-order chi connectivity index (χ0) is 16.3. The summed E-state index contributed by atoms with van der Waals surface area (Å²) in [4.78, 5) is 23.8. The Balaban J connectivity index is 2.20. The Kier molecular flexibility index (Phi) is 4.52. The Bertz CT molecular complexity index is 680. The molecule has 8 heteroatoms. The van der Waals surface area contributed by atoms with Crippen molar-refractivity contribution >= 4 is 11.6 Å². The molecule has 2 aromatic rings. The van der Waals surface area contributed by atoms with Gasteiger partial charge in [0.2, 0.25) is 0 Å². The van der Waals surface area contributed by atoms with Gasteiger partial charge in [0.05, 0.1) is 35.0 Å². The van der Waals surface area contributed by atoms with Crippen LogP contribution in [0.5, 0.6) is 0 Å². The average molecular weight is 304 g/mol. The van der Waals surface area contributed by atoms with Gasteiger partial charge in [0, 0.05) is 25.4 Å². The van der Waals surface area contributed by atoms with Crippen LogP contribution in [-0.2, 0) is 0 Å². The van der Waals surface area contributed by atoms with Gasteiger partial charge < -0.3 is 10.0 Å². The molecule has 0 aliphatic carbocycles. The van der Waals surface area contributed by atoms with Gasteiger partial charge >= 0.3 is 0 Å². The van der Waals surface area contributed by atoms with Crippen molar-refractivity contribution in [3.8, 4) is 5.69 Å². The number of nitro benzene ring substituents is 1. The van der Waals surface area contributed by atoms with Crippen LogP contribution in [0.4, 0.5) is 5.69 Å². The smallest absolute Gasteiger partial charge is 0.269 e. The van der Waals surface area contributed by atoms with Gasteiger partial charge in [-0.1, -0.05) is 0 Å². The van der Waals surface area contributed by atoms with Gasteiger partial charge in [-0.05, 0) is 19.1 Å². The quantitative estimate of drug-likeness (QED) is 0.661. The van der Waals surface area contributed by atoms with Crippen molar-refractivity contribution < 1.29 is 14.8 Å². The normalized spacial score (nSPS) is 12.0. The van der Waals surface area contributed by atoms with Crippen LogP contribution in [0, 0.1) is 10.1 Å². The molecule has 1 amide bonds. The fourth-order valence-electron chi connectivity index (χ4n) is 1.83. The predicted octanol–water partition coefficient (Wildman–Crippen LogP) is 1.23. The molecule has 0 aliphatic rings. The van der Waals surface area contributed by atoms with Gasteiger partial charge in [-0.3, -0.25) is 14.9 Å². The van der Waals surface area contributed by atoms with E-state index >= 15 is 0 Å². The highest BCUT2D eigenvalue weighted by Crippen LogP contribution is 2.15. The lowest BCUT2D eigenvalue weighted by atomic mass is 10.2. The van der Waals surface area contributed by atoms with Gasteiger partial charge in [0.1, 0.15) is 0 Å². The van der Waals surface area contributed by atoms with Gasteiger partial charge in [0.15, 0.2) is 0 Å². The number of nitro groups is 1. The molecule has 0 bridgehead atoms. The molecule has 2 rings (SSSR count). The molecule has 1 aromatic heterocycles. The molecule has 0 saturated heterocycles. The minimum Gasteiger partial charge on any atom is -0.394 e. The Morgan fingerprint density at radius 1 is 1.45 bits per heavy atom. The summed E-state index contributed by atoms with van der Waals surface area (Å²) in [5.74, 6) is -0.255. The number of likely N-dealkylation sites (N-methyl/N-ethyl adjacent to an activating group) is 1. The third kappa shape index (κ3) is 3.12. The lowest BCUT2D eigenvalue weighted by Crippen LogP contribution is -2.37. The highest BCUT2D eigenvalue weighted by molar-refractivity contribution is 5.93. The molecule has 1 heterocycles. The number of carbonyl (C=O) groups is 1. The Morgan fingerprint density at radius 2 is 2.09 bits per heavy atom. The summed E-state index contributed by atoms with van der Waals surface area (Å²) in [5.41, 5.74) is 0.979. The second-order valence-corrected chi connectivity index (χ2v) is 4.89. The maximum Gasteiger partial charge on any atom is 0.269 e. The summed E-state index contributed by atoms with van der Waals surface area (Å²) >= 11 is 0. The summed E-state index contributed by atoms with van der Waals surface area (Å²) in [7, 11) is 1.60. The van der Waals surface area contributed by atoms with Crippen LogP contribution >= 0.6 is 0 Å². The zero-order valence-corrected chi connectivity index (χ0v) is 12.2. The Labute approximate surface area is 126 Å². The SMILES string of the molecule is CC(CO)N(C)C(=O)c1cnn(-c2ccc([N+](=O)[O-])cc2)c1. The molecule has 0 radical (unpaired) electrons. The highest BCUT2D eigenvalue weighted by Gasteiger charge is 2.18. The largest absolute Gasteiger partial charge is 0.394 e. The number of rotatable bonds is 5. The van der Waals surface area contributed by atoms with E-state index in [-0.39, 0.29) is 24.2 Å². The van der Waals surface area contributed by atoms with Gasteiger partial charge in [-0.2, -0.15) is 5.10 Å². The zero-order valence-electron chi connectivity index (χ0n) is 12.2. The molecule has 116 valence electrons. The number of amides is 1. The number of hydrogen-bond acceptors (Lipinski definition) is 5. The summed E-state index contributed by atoms with van der Waals surface area (Å²) in [6.45, 7) is 1.61. The van der Waals surface area contributed by atoms with E-state index in [0.29, 0.717) is 11.3 Å². The molecule has 1 N–H and O–H groups in total. The highest BCUT2D eigenvalue weighted by atomic mass is 16.6. The topological polar surface area (TPSA) is 102 Å². The molecule has 1 aromatic carbocycles. The first-order chi connectivity index (χ1) is 10.4. The number of non-ortho nitro benzene ring substituents is 1. The van der Waals surface area contributed by atoms with Crippen molar-refractivity contribution in [1.82, 2.24) is 14.7 Å². The molecular weight excluding hydrogens is 288 g/mol. The van der Waals surface area contributed by atoms with E-state index in [0.717, 1.165) is 0 Å². The Hall–Kier alpha value is -2.74. The number of hydrogen-bond donors (Lipinski definition) is 1. The van der Waals surface area contributed by atoms with E-state index in [9.17, 15) is 14.9 Å². The first-order valence-corrected chi connectivity index (χ1v) is 6.61. The first kappa shape index (κ1) is 15.6. The number of nitrogens with zero attached hydrogens (tertiary/aromatic N) is 4. The van der Waals surface area contributed by atoms with E-state index in [4.69, 9.17) is 5.11 Å². The number of carbonyl (C=O) groups excluding carboxylic acids is 1. The van der Waals surface area contributed by atoms with Crippen molar-refractivity contribution in [2.75, 3.05) is 13.7 Å². The molecule has 1 atom stereocenters. The molecule has 8 nitrogen and oxygen atoms in total. The molecular formula is C14H16N4O4. The molecule has 1 unspecified atom stereocenters. The van der Waals surface area contributed by atoms with E-state index in [2.05, 4.69) is 5.10 Å². The summed E-state index contributed by atoms with van der Waals surface area (Å²) in [6.07, 6.45) is 2.97. The van der Waals surface area contributed by atoms with Crippen molar-refractivity contribution in [1.29, 1.82) is 0 Å². The van der Waals surface area contributed by atoms with Crippen LogP contribution in [0.25, 0.3) is 5.69 Å². The van der Waals surface area contributed by atoms with Gasteiger partial charge in [-0.25, -0.2) is 4.68 Å². The molecule has 0 aliphatic heterocycles. The van der Waals surface area contributed by atoms with Crippen LogP contribution in [0.3, 0.4) is 0 Å². The van der Waals surface area contributed by atoms with Crippen molar-refractivity contribution in [3.05, 3.63) is 52.3 Å². The van der Waals surface area contributed by atoms with Crippen LogP contribution in [0.2, 0.25) is 0 Å². The number of aliphatic hydroxyl groups excluding tert-OH is 1. The van der Waals surface area contributed by atoms with Crippen LogP contribution in [-0.4, -0.2) is 50.3 Å². The fourth-order valence-corrected chi connectivity index (χ4v) is 1.83. The van der Waals surface area contributed by atoms with Crippen molar-refractivity contribution in [2.24, 2.45) is 0 Å². The summed E-state index contributed by atoms with van der Waals surface area (Å²) < 4.78 is 1.47. The van der Waals surface area contributed by atoms with E-state index in [1.54, 1.807) is 32.3 Å². The monoisotopic (exact) mass is 304 g/mol. The van der Waals surface area contributed by atoms with E-state index in [1.165, 1.54) is 27.9 Å². The fraction of sp³-hybridized carbons (Fsp3) is 0.286. The standard InChI is InChI=1S/C14H16N4O4/c1-10(9-19)16(2)14(20)11-7-15-17(8-11)12-3-5-13(6-4-12)18(21)22/h3-8,10,19H,9H2,1-2H3. The minimum absolute atomic E-state index is 0.0105. The van der Waals surface area contributed by atoms with Crippen LogP contribution in [0.15, 0.2) is 36.7 Å². The minimum atomic E-state index is -0.479. The number of benzene rings is 1. The number of aromatic nitrogens is 2. The third-order valence-corrected chi connectivity index (χ3v) is 3.40. The van der Waals surface area contributed by atoms with Crippen LogP contribution < -0.4 is 0 Å². The third-order valence-electron chi connectivity index (χ3n) is 3.40. The predicted molar refractivity (Wildman–Crippen MR) is 78.9 cm³/mol. The van der Waals surface area contributed by atoms with E-state index < -0.39 is 4.92 Å². The number of aliphatic hydroxyl groups is 1. The molecule has 0 fully saturated rings. The molecule has 22 heavy (non-hydrogen) atoms. The molecule has 0 spiro atoms. The lowest BCUT2D eigenvalue weighted by Gasteiger charge is -2.22. The van der Waals surface area contributed by atoms with Crippen LogP contribution in [0.1, 0.15) is 17.3 Å².